The van der Waals surface area contributed by atoms with Gasteiger partial charge in [-0.1, -0.05) is 18.6 Å². The van der Waals surface area contributed by atoms with Gasteiger partial charge in [-0.25, -0.2) is 0 Å². The summed E-state index contributed by atoms with van der Waals surface area (Å²) in [6, 6.07) is 11.6. The molecule has 20 heavy (non-hydrogen) atoms. The summed E-state index contributed by atoms with van der Waals surface area (Å²) in [5.74, 6) is 2.84. The molecule has 104 valence electrons. The largest absolute Gasteiger partial charge is 0.313 e. The fraction of sp³-hybridized carbons (Fsp3) is 0.500. The smallest absolute Gasteiger partial charge is 0.0705 e. The fourth-order valence-electron chi connectivity index (χ4n) is 4.39. The second kappa shape index (κ2) is 4.56. The Bertz CT molecular complexity index is 639. The summed E-state index contributed by atoms with van der Waals surface area (Å²) in [4.78, 5) is 4.60. The Labute approximate surface area is 120 Å². The van der Waals surface area contributed by atoms with Crippen LogP contribution in [-0.4, -0.2) is 12.0 Å². The molecule has 0 bridgehead atoms. The highest BCUT2D eigenvalue weighted by Gasteiger charge is 2.55. The van der Waals surface area contributed by atoms with Gasteiger partial charge in [0.25, 0.3) is 0 Å². The zero-order chi connectivity index (χ0) is 13.7. The maximum Gasteiger partial charge on any atom is 0.0705 e. The van der Waals surface area contributed by atoms with Crippen LogP contribution in [0.5, 0.6) is 0 Å². The van der Waals surface area contributed by atoms with Gasteiger partial charge in [0.15, 0.2) is 0 Å². The summed E-state index contributed by atoms with van der Waals surface area (Å²) in [6.07, 6.45) is 4.34. The SMILES string of the molecule is CNC(c1ccc2nc(C)ccc2c1)C1C2CCCC21. The Morgan fingerprint density at radius 3 is 2.70 bits per heavy atom. The molecular formula is C18H22N2. The van der Waals surface area contributed by atoms with Gasteiger partial charge in [-0.2, -0.15) is 0 Å². The van der Waals surface area contributed by atoms with Crippen molar-refractivity contribution in [2.24, 2.45) is 17.8 Å². The number of fused-ring (bicyclic) bond motifs is 2. The minimum atomic E-state index is 0.524. The summed E-state index contributed by atoms with van der Waals surface area (Å²) >= 11 is 0. The van der Waals surface area contributed by atoms with E-state index < -0.39 is 0 Å². The van der Waals surface area contributed by atoms with E-state index in [0.29, 0.717) is 6.04 Å². The van der Waals surface area contributed by atoms with Gasteiger partial charge in [-0.05, 0) is 68.3 Å². The molecule has 2 saturated carbocycles. The van der Waals surface area contributed by atoms with Crippen molar-refractivity contribution in [2.75, 3.05) is 7.05 Å². The van der Waals surface area contributed by atoms with Crippen LogP contribution in [0.25, 0.3) is 10.9 Å². The third-order valence-electron chi connectivity index (χ3n) is 5.38. The molecule has 2 aromatic rings. The number of aromatic nitrogens is 1. The third kappa shape index (κ3) is 1.86. The number of aryl methyl sites for hydroxylation is 1. The lowest BCUT2D eigenvalue weighted by Crippen LogP contribution is -2.20. The van der Waals surface area contributed by atoms with Gasteiger partial charge in [0, 0.05) is 17.1 Å². The average Bonchev–Trinajstić information content (AvgIpc) is 2.93. The fourth-order valence-corrected chi connectivity index (χ4v) is 4.39. The first kappa shape index (κ1) is 12.3. The molecule has 2 fully saturated rings. The molecule has 3 unspecified atom stereocenters. The van der Waals surface area contributed by atoms with E-state index in [1.54, 1.807) is 0 Å². The molecular weight excluding hydrogens is 244 g/mol. The Hall–Kier alpha value is -1.41. The lowest BCUT2D eigenvalue weighted by atomic mass is 9.96. The molecule has 0 spiro atoms. The summed E-state index contributed by atoms with van der Waals surface area (Å²) in [7, 11) is 2.11. The highest BCUT2D eigenvalue weighted by Crippen LogP contribution is 2.62. The number of hydrogen-bond acceptors (Lipinski definition) is 2. The number of pyridine rings is 1. The van der Waals surface area contributed by atoms with E-state index in [9.17, 15) is 0 Å². The molecule has 1 N–H and O–H groups in total. The van der Waals surface area contributed by atoms with E-state index in [1.165, 1.54) is 30.2 Å². The Balaban J connectivity index is 1.68. The van der Waals surface area contributed by atoms with Crippen LogP contribution in [0.3, 0.4) is 0 Å². The van der Waals surface area contributed by atoms with Crippen molar-refractivity contribution in [2.45, 2.75) is 32.2 Å². The standard InChI is InChI=1S/C18H22N2/c1-11-6-7-12-10-13(8-9-16(12)20-11)18(19-2)17-14-4-3-5-15(14)17/h6-10,14-15,17-19H,3-5H2,1-2H3. The normalized spacial score (nSPS) is 29.4. The highest BCUT2D eigenvalue weighted by atomic mass is 14.9. The first-order valence-corrected chi connectivity index (χ1v) is 7.82. The van der Waals surface area contributed by atoms with Crippen LogP contribution in [-0.2, 0) is 0 Å². The van der Waals surface area contributed by atoms with Crippen LogP contribution in [0.4, 0.5) is 0 Å². The zero-order valence-corrected chi connectivity index (χ0v) is 12.3. The molecule has 0 amide bonds. The van der Waals surface area contributed by atoms with Gasteiger partial charge < -0.3 is 5.32 Å². The summed E-state index contributed by atoms with van der Waals surface area (Å²) < 4.78 is 0. The Kier molecular flexibility index (Phi) is 2.81. The van der Waals surface area contributed by atoms with E-state index >= 15 is 0 Å². The van der Waals surface area contributed by atoms with Gasteiger partial charge in [0.1, 0.15) is 0 Å². The molecule has 1 aromatic heterocycles. The van der Waals surface area contributed by atoms with Gasteiger partial charge in [-0.3, -0.25) is 4.98 Å². The van der Waals surface area contributed by atoms with Crippen LogP contribution in [0.2, 0.25) is 0 Å². The van der Waals surface area contributed by atoms with Crippen molar-refractivity contribution < 1.29 is 0 Å². The second-order valence-electron chi connectivity index (χ2n) is 6.51. The third-order valence-corrected chi connectivity index (χ3v) is 5.38. The summed E-state index contributed by atoms with van der Waals surface area (Å²) in [5, 5.41) is 4.83. The first-order chi connectivity index (χ1) is 9.78. The number of benzene rings is 1. The molecule has 0 saturated heterocycles. The lowest BCUT2D eigenvalue weighted by Gasteiger charge is -2.19. The maximum atomic E-state index is 4.60. The van der Waals surface area contributed by atoms with E-state index in [-0.39, 0.29) is 0 Å². The van der Waals surface area contributed by atoms with Crippen LogP contribution in [0.1, 0.15) is 36.6 Å². The van der Waals surface area contributed by atoms with Gasteiger partial charge in [-0.15, -0.1) is 0 Å². The minimum absolute atomic E-state index is 0.524. The number of rotatable bonds is 3. The molecule has 4 rings (SSSR count). The van der Waals surface area contributed by atoms with Crippen molar-refractivity contribution in [3.8, 4) is 0 Å². The summed E-state index contributed by atoms with van der Waals surface area (Å²) in [5.41, 5.74) is 3.64. The Morgan fingerprint density at radius 1 is 1.15 bits per heavy atom. The van der Waals surface area contributed by atoms with Crippen molar-refractivity contribution in [1.82, 2.24) is 10.3 Å². The number of nitrogens with one attached hydrogen (secondary N) is 1. The Morgan fingerprint density at radius 2 is 1.95 bits per heavy atom. The average molecular weight is 266 g/mol. The molecule has 2 aliphatic carbocycles. The van der Waals surface area contributed by atoms with E-state index in [4.69, 9.17) is 0 Å². The van der Waals surface area contributed by atoms with Crippen LogP contribution < -0.4 is 5.32 Å². The molecule has 2 heteroatoms. The molecule has 3 atom stereocenters. The number of hydrogen-bond donors (Lipinski definition) is 1. The summed E-state index contributed by atoms with van der Waals surface area (Å²) in [6.45, 7) is 2.05. The van der Waals surface area contributed by atoms with Crippen molar-refractivity contribution in [3.63, 3.8) is 0 Å². The van der Waals surface area contributed by atoms with Gasteiger partial charge in [0.05, 0.1) is 5.52 Å². The van der Waals surface area contributed by atoms with E-state index in [0.717, 1.165) is 29.0 Å². The highest BCUT2D eigenvalue weighted by molar-refractivity contribution is 5.79. The van der Waals surface area contributed by atoms with Crippen molar-refractivity contribution >= 4 is 10.9 Å². The first-order valence-electron chi connectivity index (χ1n) is 7.82. The van der Waals surface area contributed by atoms with Gasteiger partial charge in [0.2, 0.25) is 0 Å². The van der Waals surface area contributed by atoms with Crippen LogP contribution in [0.15, 0.2) is 30.3 Å². The van der Waals surface area contributed by atoms with E-state index in [1.807, 2.05) is 0 Å². The predicted octanol–water partition coefficient (Wildman–Crippen LogP) is 3.85. The lowest BCUT2D eigenvalue weighted by molar-refractivity contribution is 0.445. The minimum Gasteiger partial charge on any atom is -0.313 e. The molecule has 1 heterocycles. The van der Waals surface area contributed by atoms with Gasteiger partial charge >= 0.3 is 0 Å². The number of nitrogens with zero attached hydrogens (tertiary/aromatic N) is 1. The topological polar surface area (TPSA) is 24.9 Å². The molecule has 0 aliphatic heterocycles. The predicted molar refractivity (Wildman–Crippen MR) is 82.6 cm³/mol. The molecule has 0 radical (unpaired) electrons. The monoisotopic (exact) mass is 266 g/mol. The molecule has 1 aromatic carbocycles. The second-order valence-corrected chi connectivity index (χ2v) is 6.51. The molecule has 2 aliphatic rings. The van der Waals surface area contributed by atoms with Crippen molar-refractivity contribution in [1.29, 1.82) is 0 Å². The molecule has 2 nitrogen and oxygen atoms in total. The van der Waals surface area contributed by atoms with Crippen LogP contribution in [0, 0.1) is 24.7 Å². The zero-order valence-electron chi connectivity index (χ0n) is 12.3. The quantitative estimate of drug-likeness (QED) is 0.912. The maximum absolute atomic E-state index is 4.60. The van der Waals surface area contributed by atoms with Crippen LogP contribution >= 0.6 is 0 Å². The van der Waals surface area contributed by atoms with E-state index in [2.05, 4.69) is 54.6 Å². The van der Waals surface area contributed by atoms with Crippen molar-refractivity contribution in [3.05, 3.63) is 41.6 Å².